The van der Waals surface area contributed by atoms with E-state index in [4.69, 9.17) is 4.74 Å². The Labute approximate surface area is 116 Å². The van der Waals surface area contributed by atoms with Gasteiger partial charge in [0.2, 0.25) is 0 Å². The Kier molecular flexibility index (Phi) is 5.40. The van der Waals surface area contributed by atoms with Crippen LogP contribution in [0.3, 0.4) is 0 Å². The van der Waals surface area contributed by atoms with Crippen molar-refractivity contribution in [3.63, 3.8) is 0 Å². The Morgan fingerprint density at radius 2 is 1.95 bits per heavy atom. The molecule has 0 aliphatic rings. The van der Waals surface area contributed by atoms with Gasteiger partial charge >= 0.3 is 6.09 Å². The molecule has 3 nitrogen and oxygen atoms in total. The lowest BCUT2D eigenvalue weighted by Crippen LogP contribution is -2.35. The number of ether oxygens (including phenoxy) is 1. The van der Waals surface area contributed by atoms with Gasteiger partial charge in [0, 0.05) is 6.54 Å². The van der Waals surface area contributed by atoms with E-state index in [1.807, 2.05) is 26.8 Å². The second-order valence-corrected chi connectivity index (χ2v) is 6.12. The van der Waals surface area contributed by atoms with Crippen LogP contribution in [-0.4, -0.2) is 18.2 Å². The fraction of sp³-hybridized carbons (Fsp3) is 0.562. The summed E-state index contributed by atoms with van der Waals surface area (Å²) in [5.41, 5.74) is 2.19. The lowest BCUT2D eigenvalue weighted by molar-refractivity contribution is 0.0520. The third kappa shape index (κ3) is 6.27. The van der Waals surface area contributed by atoms with Crippen LogP contribution >= 0.6 is 0 Å². The molecule has 1 amide bonds. The minimum atomic E-state index is -0.441. The molecule has 0 aliphatic carbocycles. The van der Waals surface area contributed by atoms with E-state index in [2.05, 4.69) is 37.4 Å². The third-order valence-electron chi connectivity index (χ3n) is 2.82. The Morgan fingerprint density at radius 1 is 1.32 bits per heavy atom. The van der Waals surface area contributed by atoms with Crippen molar-refractivity contribution < 1.29 is 9.53 Å². The number of aryl methyl sites for hydroxylation is 1. The minimum absolute atomic E-state index is 0.343. The number of carbonyl (C=O) groups excluding carboxylic acids is 1. The molecule has 1 atom stereocenters. The molecule has 106 valence electrons. The van der Waals surface area contributed by atoms with Crippen LogP contribution in [-0.2, 0) is 11.2 Å². The van der Waals surface area contributed by atoms with Gasteiger partial charge in [0.15, 0.2) is 0 Å². The second-order valence-electron chi connectivity index (χ2n) is 6.12. The highest BCUT2D eigenvalue weighted by Crippen LogP contribution is 2.13. The molecule has 1 aromatic carbocycles. The zero-order valence-corrected chi connectivity index (χ0v) is 12.6. The maximum Gasteiger partial charge on any atom is 0.407 e. The SMILES string of the molecule is Cc1ccccc1C[C@H](C)CNC(=O)OC(C)(C)C. The summed E-state index contributed by atoms with van der Waals surface area (Å²) in [4.78, 5) is 11.5. The fourth-order valence-corrected chi connectivity index (χ4v) is 1.86. The molecule has 3 heteroatoms. The standard InChI is InChI=1S/C16H25NO2/c1-12(10-14-9-7-6-8-13(14)2)11-17-15(18)19-16(3,4)5/h6-9,12H,10-11H2,1-5H3,(H,17,18)/t12-/m0/s1. The molecule has 0 radical (unpaired) electrons. The molecule has 1 N–H and O–H groups in total. The number of alkyl carbamates (subject to hydrolysis) is 1. The highest BCUT2D eigenvalue weighted by molar-refractivity contribution is 5.67. The van der Waals surface area contributed by atoms with E-state index in [0.717, 1.165) is 6.42 Å². The molecule has 0 fully saturated rings. The summed E-state index contributed by atoms with van der Waals surface area (Å²) in [6, 6.07) is 8.35. The number of hydrogen-bond acceptors (Lipinski definition) is 2. The average Bonchev–Trinajstić information content (AvgIpc) is 2.27. The van der Waals surface area contributed by atoms with Gasteiger partial charge in [-0.15, -0.1) is 0 Å². The molecule has 0 saturated carbocycles. The van der Waals surface area contributed by atoms with Crippen LogP contribution < -0.4 is 5.32 Å². The third-order valence-corrected chi connectivity index (χ3v) is 2.82. The van der Waals surface area contributed by atoms with Crippen LogP contribution in [0.2, 0.25) is 0 Å². The first-order chi connectivity index (χ1) is 8.78. The fourth-order valence-electron chi connectivity index (χ4n) is 1.86. The smallest absolute Gasteiger partial charge is 0.407 e. The molecule has 0 aromatic heterocycles. The van der Waals surface area contributed by atoms with Gasteiger partial charge in [0.25, 0.3) is 0 Å². The zero-order valence-electron chi connectivity index (χ0n) is 12.6. The summed E-state index contributed by atoms with van der Waals surface area (Å²) in [6.45, 7) is 10.5. The van der Waals surface area contributed by atoms with Gasteiger partial charge in [-0.05, 0) is 51.2 Å². The van der Waals surface area contributed by atoms with E-state index in [9.17, 15) is 4.79 Å². The maximum atomic E-state index is 11.5. The first-order valence-electron chi connectivity index (χ1n) is 6.79. The normalized spacial score (nSPS) is 12.9. The van der Waals surface area contributed by atoms with E-state index in [1.165, 1.54) is 11.1 Å². The van der Waals surface area contributed by atoms with Crippen LogP contribution in [0.15, 0.2) is 24.3 Å². The van der Waals surface area contributed by atoms with Gasteiger partial charge in [-0.3, -0.25) is 0 Å². The number of carbonyl (C=O) groups is 1. The number of hydrogen-bond donors (Lipinski definition) is 1. The summed E-state index contributed by atoms with van der Waals surface area (Å²) in [5.74, 6) is 0.383. The van der Waals surface area contributed by atoms with Gasteiger partial charge in [-0.25, -0.2) is 4.79 Å². The van der Waals surface area contributed by atoms with Crippen molar-refractivity contribution in [1.82, 2.24) is 5.32 Å². The van der Waals surface area contributed by atoms with Gasteiger partial charge < -0.3 is 10.1 Å². The van der Waals surface area contributed by atoms with Crippen molar-refractivity contribution in [3.8, 4) is 0 Å². The largest absolute Gasteiger partial charge is 0.444 e. The second kappa shape index (κ2) is 6.60. The van der Waals surface area contributed by atoms with Crippen LogP contribution in [0.25, 0.3) is 0 Å². The molecular weight excluding hydrogens is 238 g/mol. The minimum Gasteiger partial charge on any atom is -0.444 e. The Morgan fingerprint density at radius 3 is 2.53 bits per heavy atom. The topological polar surface area (TPSA) is 38.3 Å². The lowest BCUT2D eigenvalue weighted by atomic mass is 9.97. The van der Waals surface area contributed by atoms with Crippen molar-refractivity contribution in [3.05, 3.63) is 35.4 Å². The predicted octanol–water partition coefficient (Wildman–Crippen LogP) is 3.70. The number of amides is 1. The van der Waals surface area contributed by atoms with Gasteiger partial charge in [-0.2, -0.15) is 0 Å². The van der Waals surface area contributed by atoms with E-state index >= 15 is 0 Å². The highest BCUT2D eigenvalue weighted by atomic mass is 16.6. The Hall–Kier alpha value is -1.51. The molecule has 0 saturated heterocycles. The molecule has 0 heterocycles. The molecular formula is C16H25NO2. The van der Waals surface area contributed by atoms with Crippen LogP contribution in [0, 0.1) is 12.8 Å². The average molecular weight is 263 g/mol. The summed E-state index contributed by atoms with van der Waals surface area (Å²) in [6.07, 6.45) is 0.617. The molecule has 19 heavy (non-hydrogen) atoms. The van der Waals surface area contributed by atoms with E-state index < -0.39 is 5.60 Å². The first-order valence-corrected chi connectivity index (χ1v) is 6.79. The number of nitrogens with one attached hydrogen (secondary N) is 1. The molecule has 0 unspecified atom stereocenters. The van der Waals surface area contributed by atoms with Crippen molar-refractivity contribution in [2.45, 2.75) is 46.6 Å². The van der Waals surface area contributed by atoms with Gasteiger partial charge in [0.05, 0.1) is 0 Å². The lowest BCUT2D eigenvalue weighted by Gasteiger charge is -2.21. The summed E-state index contributed by atoms with van der Waals surface area (Å²) < 4.78 is 5.21. The predicted molar refractivity (Wildman–Crippen MR) is 78.3 cm³/mol. The maximum absolute atomic E-state index is 11.5. The van der Waals surface area contributed by atoms with Crippen molar-refractivity contribution in [2.24, 2.45) is 5.92 Å². The molecule has 0 spiro atoms. The van der Waals surface area contributed by atoms with Crippen LogP contribution in [0.5, 0.6) is 0 Å². The van der Waals surface area contributed by atoms with Crippen LogP contribution in [0.4, 0.5) is 4.79 Å². The monoisotopic (exact) mass is 263 g/mol. The quantitative estimate of drug-likeness (QED) is 0.899. The Balaban J connectivity index is 2.38. The number of rotatable bonds is 4. The molecule has 0 aliphatic heterocycles. The Bertz CT molecular complexity index is 421. The zero-order chi connectivity index (χ0) is 14.5. The summed E-state index contributed by atoms with van der Waals surface area (Å²) in [7, 11) is 0. The highest BCUT2D eigenvalue weighted by Gasteiger charge is 2.16. The summed E-state index contributed by atoms with van der Waals surface area (Å²) >= 11 is 0. The van der Waals surface area contributed by atoms with E-state index in [-0.39, 0.29) is 6.09 Å². The molecule has 0 bridgehead atoms. The molecule has 1 aromatic rings. The molecule has 1 rings (SSSR count). The van der Waals surface area contributed by atoms with Crippen molar-refractivity contribution in [2.75, 3.05) is 6.54 Å². The number of benzene rings is 1. The van der Waals surface area contributed by atoms with E-state index in [1.54, 1.807) is 0 Å². The van der Waals surface area contributed by atoms with Gasteiger partial charge in [0.1, 0.15) is 5.60 Å². The van der Waals surface area contributed by atoms with E-state index in [0.29, 0.717) is 12.5 Å². The van der Waals surface area contributed by atoms with Crippen molar-refractivity contribution in [1.29, 1.82) is 0 Å². The first kappa shape index (κ1) is 15.5. The van der Waals surface area contributed by atoms with Crippen LogP contribution in [0.1, 0.15) is 38.8 Å². The van der Waals surface area contributed by atoms with Crippen molar-refractivity contribution >= 4 is 6.09 Å². The summed E-state index contributed by atoms with van der Waals surface area (Å²) in [5, 5.41) is 2.82. The van der Waals surface area contributed by atoms with Gasteiger partial charge in [-0.1, -0.05) is 31.2 Å².